The minimum Gasteiger partial charge on any atom is -0.347 e. The molecular weight excluding hydrogens is 346 g/mol. The molecule has 3 aromatic rings. The Balaban J connectivity index is 1.27. The summed E-state index contributed by atoms with van der Waals surface area (Å²) in [4.78, 5) is 20.0. The number of carbonyl (C=O) groups excluding carboxylic acids is 1. The van der Waals surface area contributed by atoms with Gasteiger partial charge in [-0.3, -0.25) is 9.69 Å². The molecule has 0 unspecified atom stereocenters. The van der Waals surface area contributed by atoms with Crippen LogP contribution in [0, 0.1) is 0 Å². The maximum Gasteiger partial charge on any atom is 0.234 e. The molecule has 0 spiro atoms. The molecule has 1 aliphatic rings. The number of amides is 1. The molecule has 1 N–H and O–H groups in total. The summed E-state index contributed by atoms with van der Waals surface area (Å²) in [5.41, 5.74) is 4.02. The number of aromatic nitrogens is 3. The number of imidazole rings is 1. The van der Waals surface area contributed by atoms with E-state index in [1.165, 1.54) is 16.9 Å². The fourth-order valence-electron chi connectivity index (χ4n) is 3.58. The molecule has 1 aromatic carbocycles. The lowest BCUT2D eigenvalue weighted by atomic mass is 9.89. The third kappa shape index (κ3) is 3.78. The molecular formula is C19H23N5OS. The number of hydrogen-bond acceptors (Lipinski definition) is 5. The van der Waals surface area contributed by atoms with E-state index in [2.05, 4.69) is 50.6 Å². The molecule has 7 heteroatoms. The van der Waals surface area contributed by atoms with E-state index in [9.17, 15) is 4.79 Å². The van der Waals surface area contributed by atoms with Crippen LogP contribution in [0.15, 0.2) is 42.0 Å². The monoisotopic (exact) mass is 369 g/mol. The Labute approximate surface area is 156 Å². The Morgan fingerprint density at radius 1 is 1.31 bits per heavy atom. The number of carbonyl (C=O) groups is 1. The Kier molecular flexibility index (Phi) is 4.99. The van der Waals surface area contributed by atoms with Crippen LogP contribution in [0.5, 0.6) is 0 Å². The topological polar surface area (TPSA) is 62.5 Å². The summed E-state index contributed by atoms with van der Waals surface area (Å²) in [6.45, 7) is 4.34. The van der Waals surface area contributed by atoms with Crippen molar-refractivity contribution in [2.24, 2.45) is 0 Å². The van der Waals surface area contributed by atoms with Crippen molar-refractivity contribution < 1.29 is 4.79 Å². The number of piperidine rings is 1. The highest BCUT2D eigenvalue weighted by atomic mass is 32.1. The van der Waals surface area contributed by atoms with Crippen molar-refractivity contribution >= 4 is 22.2 Å². The lowest BCUT2D eigenvalue weighted by Gasteiger charge is -2.31. The van der Waals surface area contributed by atoms with E-state index < -0.39 is 0 Å². The van der Waals surface area contributed by atoms with Gasteiger partial charge in [0, 0.05) is 0 Å². The lowest BCUT2D eigenvalue weighted by molar-refractivity contribution is -0.123. The molecule has 0 bridgehead atoms. The smallest absolute Gasteiger partial charge is 0.234 e. The highest BCUT2D eigenvalue weighted by Crippen LogP contribution is 2.27. The van der Waals surface area contributed by atoms with E-state index in [0.717, 1.165) is 36.6 Å². The fourth-order valence-corrected chi connectivity index (χ4v) is 4.19. The fraction of sp³-hybridized carbons (Fsp3) is 0.421. The van der Waals surface area contributed by atoms with Crippen LogP contribution in [0.3, 0.4) is 0 Å². The average Bonchev–Trinajstić information content (AvgIpc) is 3.25. The van der Waals surface area contributed by atoms with Crippen LogP contribution >= 0.6 is 11.3 Å². The van der Waals surface area contributed by atoms with Gasteiger partial charge in [-0.1, -0.05) is 41.7 Å². The molecule has 6 nitrogen and oxygen atoms in total. The number of rotatable bonds is 5. The summed E-state index contributed by atoms with van der Waals surface area (Å²) in [7, 11) is 0. The highest BCUT2D eigenvalue weighted by molar-refractivity contribution is 7.14. The van der Waals surface area contributed by atoms with Crippen LogP contribution in [0.1, 0.15) is 43.0 Å². The largest absolute Gasteiger partial charge is 0.347 e. The maximum atomic E-state index is 12.4. The zero-order chi connectivity index (χ0) is 17.9. The van der Waals surface area contributed by atoms with Gasteiger partial charge >= 0.3 is 0 Å². The van der Waals surface area contributed by atoms with Crippen LogP contribution in [0.2, 0.25) is 0 Å². The number of nitrogens with zero attached hydrogens (tertiary/aromatic N) is 4. The minimum atomic E-state index is -0.113. The van der Waals surface area contributed by atoms with Gasteiger partial charge in [-0.2, -0.15) is 5.10 Å². The summed E-state index contributed by atoms with van der Waals surface area (Å²) in [6.07, 6.45) is 4.09. The SMILES string of the molecule is C[C@@H](NC(=O)CN1CCC(c2ccccc2)CC1)c1cn2ncsc2n1. The van der Waals surface area contributed by atoms with Crippen LogP contribution in [0.4, 0.5) is 0 Å². The number of hydrogen-bond donors (Lipinski definition) is 1. The first-order chi connectivity index (χ1) is 12.7. The first kappa shape index (κ1) is 17.2. The van der Waals surface area contributed by atoms with E-state index in [0.29, 0.717) is 12.5 Å². The van der Waals surface area contributed by atoms with Crippen molar-refractivity contribution in [3.05, 3.63) is 53.3 Å². The molecule has 136 valence electrons. The Hall–Kier alpha value is -2.25. The van der Waals surface area contributed by atoms with Gasteiger partial charge in [0.05, 0.1) is 24.5 Å². The van der Waals surface area contributed by atoms with Crippen LogP contribution in [-0.4, -0.2) is 45.0 Å². The van der Waals surface area contributed by atoms with Gasteiger partial charge < -0.3 is 5.32 Å². The van der Waals surface area contributed by atoms with E-state index in [-0.39, 0.29) is 11.9 Å². The second kappa shape index (κ2) is 7.55. The summed E-state index contributed by atoms with van der Waals surface area (Å²) < 4.78 is 1.75. The summed E-state index contributed by atoms with van der Waals surface area (Å²) >= 11 is 1.49. The van der Waals surface area contributed by atoms with Gasteiger partial charge in [-0.05, 0) is 44.3 Å². The zero-order valence-electron chi connectivity index (χ0n) is 14.8. The first-order valence-electron chi connectivity index (χ1n) is 9.04. The Bertz CT molecular complexity index is 838. The summed E-state index contributed by atoms with van der Waals surface area (Å²) in [6, 6.07) is 10.6. The first-order valence-corrected chi connectivity index (χ1v) is 9.92. The number of likely N-dealkylation sites (tertiary alicyclic amines) is 1. The normalized spacial score (nSPS) is 17.4. The van der Waals surface area contributed by atoms with Gasteiger partial charge in [0.15, 0.2) is 0 Å². The molecule has 1 fully saturated rings. The molecule has 0 radical (unpaired) electrons. The van der Waals surface area contributed by atoms with Gasteiger partial charge in [-0.25, -0.2) is 9.50 Å². The average molecular weight is 369 g/mol. The number of fused-ring (bicyclic) bond motifs is 1. The molecule has 3 heterocycles. The maximum absolute atomic E-state index is 12.4. The molecule has 0 aliphatic carbocycles. The molecule has 1 aliphatic heterocycles. The second-order valence-electron chi connectivity index (χ2n) is 6.88. The highest BCUT2D eigenvalue weighted by Gasteiger charge is 2.22. The predicted molar refractivity (Wildman–Crippen MR) is 102 cm³/mol. The zero-order valence-corrected chi connectivity index (χ0v) is 15.7. The van der Waals surface area contributed by atoms with Crippen molar-refractivity contribution in [1.82, 2.24) is 24.8 Å². The van der Waals surface area contributed by atoms with Gasteiger partial charge in [-0.15, -0.1) is 0 Å². The van der Waals surface area contributed by atoms with Crippen molar-refractivity contribution in [2.45, 2.75) is 31.7 Å². The van der Waals surface area contributed by atoms with Crippen LogP contribution in [0.25, 0.3) is 4.96 Å². The standard InChI is InChI=1S/C19H23N5OS/c1-14(17-11-24-19(22-17)26-13-20-24)21-18(25)12-23-9-7-16(8-10-23)15-5-3-2-4-6-15/h2-6,11,13-14,16H,7-10,12H2,1H3,(H,21,25)/t14-/m1/s1. The van der Waals surface area contributed by atoms with Crippen molar-refractivity contribution in [3.8, 4) is 0 Å². The Morgan fingerprint density at radius 3 is 2.81 bits per heavy atom. The van der Waals surface area contributed by atoms with E-state index in [4.69, 9.17) is 0 Å². The van der Waals surface area contributed by atoms with E-state index >= 15 is 0 Å². The Morgan fingerprint density at radius 2 is 2.08 bits per heavy atom. The van der Waals surface area contributed by atoms with Crippen LogP contribution < -0.4 is 5.32 Å². The van der Waals surface area contributed by atoms with Crippen molar-refractivity contribution in [1.29, 1.82) is 0 Å². The summed E-state index contributed by atoms with van der Waals surface area (Å²) in [5, 5.41) is 7.24. The number of nitrogens with one attached hydrogen (secondary N) is 1. The number of benzene rings is 1. The van der Waals surface area contributed by atoms with Crippen LogP contribution in [-0.2, 0) is 4.79 Å². The molecule has 0 saturated carbocycles. The molecule has 26 heavy (non-hydrogen) atoms. The van der Waals surface area contributed by atoms with Gasteiger partial charge in [0.1, 0.15) is 5.51 Å². The molecule has 1 amide bonds. The van der Waals surface area contributed by atoms with Crippen molar-refractivity contribution in [3.63, 3.8) is 0 Å². The summed E-state index contributed by atoms with van der Waals surface area (Å²) in [5.74, 6) is 0.667. The molecule has 2 aromatic heterocycles. The second-order valence-corrected chi connectivity index (χ2v) is 7.69. The van der Waals surface area contributed by atoms with E-state index in [1.807, 2.05) is 13.1 Å². The molecule has 1 saturated heterocycles. The third-order valence-corrected chi connectivity index (χ3v) is 5.74. The molecule has 4 rings (SSSR count). The molecule has 1 atom stereocenters. The van der Waals surface area contributed by atoms with E-state index in [1.54, 1.807) is 10.0 Å². The lowest BCUT2D eigenvalue weighted by Crippen LogP contribution is -2.41. The van der Waals surface area contributed by atoms with Gasteiger partial charge in [0.25, 0.3) is 0 Å². The predicted octanol–water partition coefficient (Wildman–Crippen LogP) is 2.85. The third-order valence-electron chi connectivity index (χ3n) is 5.05. The van der Waals surface area contributed by atoms with Crippen molar-refractivity contribution in [2.75, 3.05) is 19.6 Å². The quantitative estimate of drug-likeness (QED) is 0.751. The minimum absolute atomic E-state index is 0.0555. The van der Waals surface area contributed by atoms with Gasteiger partial charge in [0.2, 0.25) is 10.9 Å².